The lowest BCUT2D eigenvalue weighted by molar-refractivity contribution is 0.600. The number of benzene rings is 1. The first kappa shape index (κ1) is 23.7. The maximum Gasteiger partial charge on any atom is 0.159 e. The fourth-order valence-corrected chi connectivity index (χ4v) is 4.95. The molecule has 0 radical (unpaired) electrons. The van der Waals surface area contributed by atoms with Crippen LogP contribution in [-0.4, -0.2) is 55.5 Å². The first-order valence-electron chi connectivity index (χ1n) is 11.6. The van der Waals surface area contributed by atoms with Crippen molar-refractivity contribution in [2.75, 3.05) is 17.7 Å². The summed E-state index contributed by atoms with van der Waals surface area (Å²) in [5, 5.41) is 8.23. The zero-order valence-corrected chi connectivity index (χ0v) is 20.9. The van der Waals surface area contributed by atoms with Crippen molar-refractivity contribution >= 4 is 37.5 Å². The van der Waals surface area contributed by atoms with E-state index in [1.54, 1.807) is 43.0 Å². The molecule has 0 atom stereocenters. The molecule has 190 valence electrons. The Morgan fingerprint density at radius 3 is 2.66 bits per heavy atom. The van der Waals surface area contributed by atoms with Gasteiger partial charge in [-0.1, -0.05) is 0 Å². The highest BCUT2D eigenvalue weighted by molar-refractivity contribution is 7.90. The van der Waals surface area contributed by atoms with Gasteiger partial charge in [-0.15, -0.1) is 0 Å². The molecular formula is C26H21FN8O2S. The van der Waals surface area contributed by atoms with E-state index in [-0.39, 0.29) is 12.2 Å². The minimum Gasteiger partial charge on any atom is -0.397 e. The molecule has 0 saturated carbocycles. The van der Waals surface area contributed by atoms with E-state index in [0.717, 1.165) is 22.7 Å². The van der Waals surface area contributed by atoms with Gasteiger partial charge in [-0.05, 0) is 48.4 Å². The van der Waals surface area contributed by atoms with E-state index >= 15 is 0 Å². The van der Waals surface area contributed by atoms with Crippen molar-refractivity contribution in [3.63, 3.8) is 0 Å². The van der Waals surface area contributed by atoms with Gasteiger partial charge in [-0.2, -0.15) is 5.10 Å². The number of aromatic nitrogens is 7. The molecule has 0 unspecified atom stereocenters. The summed E-state index contributed by atoms with van der Waals surface area (Å²) in [5.41, 5.74) is 11.9. The van der Waals surface area contributed by atoms with Crippen molar-refractivity contribution in [3.05, 3.63) is 72.6 Å². The summed E-state index contributed by atoms with van der Waals surface area (Å²) < 4.78 is 37.7. The number of halogens is 1. The number of nitrogen functional groups attached to an aromatic ring is 1. The number of imidazole rings is 1. The van der Waals surface area contributed by atoms with Crippen LogP contribution < -0.4 is 5.73 Å². The number of nitrogens with one attached hydrogen (secondary N) is 2. The predicted octanol–water partition coefficient (Wildman–Crippen LogP) is 3.93. The molecule has 10 nitrogen and oxygen atoms in total. The van der Waals surface area contributed by atoms with Crippen LogP contribution >= 0.6 is 0 Å². The van der Waals surface area contributed by atoms with Crippen molar-refractivity contribution < 1.29 is 12.8 Å². The Balaban J connectivity index is 1.43. The maximum absolute atomic E-state index is 14.5. The van der Waals surface area contributed by atoms with Crippen molar-refractivity contribution in [1.29, 1.82) is 0 Å². The molecule has 6 rings (SSSR count). The Bertz CT molecular complexity index is 1950. The van der Waals surface area contributed by atoms with Gasteiger partial charge < -0.3 is 10.7 Å². The third-order valence-corrected chi connectivity index (χ3v) is 7.07. The summed E-state index contributed by atoms with van der Waals surface area (Å²) >= 11 is 0. The highest BCUT2D eigenvalue weighted by Crippen LogP contribution is 2.32. The van der Waals surface area contributed by atoms with Gasteiger partial charge >= 0.3 is 0 Å². The minimum atomic E-state index is -3.19. The van der Waals surface area contributed by atoms with E-state index in [1.165, 1.54) is 12.1 Å². The zero-order valence-electron chi connectivity index (χ0n) is 20.1. The van der Waals surface area contributed by atoms with E-state index in [9.17, 15) is 12.8 Å². The number of fused-ring (bicyclic) bond motifs is 2. The number of anilines is 1. The fraction of sp³-hybridized carbons (Fsp3) is 0.115. The van der Waals surface area contributed by atoms with E-state index in [2.05, 4.69) is 30.1 Å². The van der Waals surface area contributed by atoms with Gasteiger partial charge in [-0.3, -0.25) is 20.1 Å². The summed E-state index contributed by atoms with van der Waals surface area (Å²) in [6, 6.07) is 9.90. The van der Waals surface area contributed by atoms with E-state index < -0.39 is 15.7 Å². The van der Waals surface area contributed by atoms with E-state index in [4.69, 9.17) is 10.7 Å². The van der Waals surface area contributed by atoms with Crippen LogP contribution in [-0.2, 0) is 16.3 Å². The minimum absolute atomic E-state index is 0.0746. The van der Waals surface area contributed by atoms with Crippen LogP contribution in [0, 0.1) is 5.82 Å². The van der Waals surface area contributed by atoms with Crippen molar-refractivity contribution in [2.45, 2.75) is 6.42 Å². The number of sulfone groups is 1. The summed E-state index contributed by atoms with van der Waals surface area (Å²) in [7, 11) is -3.19. The standard InChI is InChI=1S/C26H21FN8O2S/c1-38(36,37)5-3-14-6-15(8-17(27)7-14)23-25-20(2-4-30-23)32-26(33-25)24-19-10-21(31-13-22(19)34-35-24)16-9-18(28)12-29-11-16/h2,4,6-13H,3,5,28H2,1H3,(H,32,33)(H,34,35). The van der Waals surface area contributed by atoms with Crippen molar-refractivity contribution in [1.82, 2.24) is 35.1 Å². The van der Waals surface area contributed by atoms with Crippen molar-refractivity contribution in [3.8, 4) is 34.0 Å². The summed E-state index contributed by atoms with van der Waals surface area (Å²) in [6.45, 7) is 0. The molecule has 0 aliphatic heterocycles. The largest absolute Gasteiger partial charge is 0.397 e. The third-order valence-electron chi connectivity index (χ3n) is 6.12. The lowest BCUT2D eigenvalue weighted by atomic mass is 10.0. The molecule has 0 aliphatic carbocycles. The van der Waals surface area contributed by atoms with Crippen LogP contribution in [0.3, 0.4) is 0 Å². The molecule has 4 N–H and O–H groups in total. The molecule has 0 amide bonds. The number of nitrogens with two attached hydrogens (primary N) is 1. The van der Waals surface area contributed by atoms with Gasteiger partial charge in [0.15, 0.2) is 5.82 Å². The number of H-pyrrole nitrogens is 2. The Labute approximate surface area is 216 Å². The molecule has 0 aliphatic rings. The van der Waals surface area contributed by atoms with Crippen molar-refractivity contribution in [2.24, 2.45) is 0 Å². The molecule has 0 saturated heterocycles. The molecule has 6 aromatic rings. The lowest BCUT2D eigenvalue weighted by Crippen LogP contribution is -2.06. The zero-order chi connectivity index (χ0) is 26.4. The summed E-state index contributed by atoms with van der Waals surface area (Å²) in [4.78, 5) is 21.1. The second-order valence-corrected chi connectivity index (χ2v) is 11.3. The average Bonchev–Trinajstić information content (AvgIpc) is 3.50. The molecule has 0 bridgehead atoms. The third kappa shape index (κ3) is 4.57. The number of aryl methyl sites for hydroxylation is 1. The topological polar surface area (TPSA) is 156 Å². The number of rotatable bonds is 6. The highest BCUT2D eigenvalue weighted by atomic mass is 32.2. The highest BCUT2D eigenvalue weighted by Gasteiger charge is 2.18. The molecular weight excluding hydrogens is 507 g/mol. The van der Waals surface area contributed by atoms with Crippen LogP contribution in [0.5, 0.6) is 0 Å². The van der Waals surface area contributed by atoms with Crippen LogP contribution in [0.25, 0.3) is 56.0 Å². The Morgan fingerprint density at radius 2 is 1.84 bits per heavy atom. The summed E-state index contributed by atoms with van der Waals surface area (Å²) in [5.74, 6) is -0.0543. The number of hydrogen-bond donors (Lipinski definition) is 3. The first-order valence-corrected chi connectivity index (χ1v) is 13.7. The van der Waals surface area contributed by atoms with E-state index in [0.29, 0.717) is 50.8 Å². The molecule has 38 heavy (non-hydrogen) atoms. The van der Waals surface area contributed by atoms with Crippen LogP contribution in [0.1, 0.15) is 5.56 Å². The monoisotopic (exact) mass is 528 g/mol. The molecule has 0 fully saturated rings. The van der Waals surface area contributed by atoms with Gasteiger partial charge in [0.1, 0.15) is 26.9 Å². The average molecular weight is 529 g/mol. The second-order valence-electron chi connectivity index (χ2n) is 9.06. The van der Waals surface area contributed by atoms with Gasteiger partial charge in [0.2, 0.25) is 0 Å². The molecule has 5 heterocycles. The number of pyridine rings is 3. The Hall–Kier alpha value is -4.71. The van der Waals surface area contributed by atoms with Gasteiger partial charge in [-0.25, -0.2) is 17.8 Å². The SMILES string of the molecule is CS(=O)(=O)CCc1cc(F)cc(-c2nccc3[nH]c(-c4n[nH]c5cnc(-c6cncc(N)c6)cc45)nc23)c1. The Kier molecular flexibility index (Phi) is 5.60. The van der Waals surface area contributed by atoms with Crippen LogP contribution in [0.2, 0.25) is 0 Å². The molecule has 12 heteroatoms. The molecule has 0 spiro atoms. The van der Waals surface area contributed by atoms with Gasteiger partial charge in [0.25, 0.3) is 0 Å². The Morgan fingerprint density at radius 1 is 0.974 bits per heavy atom. The predicted molar refractivity (Wildman–Crippen MR) is 143 cm³/mol. The fourth-order valence-electron chi connectivity index (χ4n) is 4.35. The smallest absolute Gasteiger partial charge is 0.159 e. The van der Waals surface area contributed by atoms with Crippen LogP contribution in [0.15, 0.2) is 61.2 Å². The lowest BCUT2D eigenvalue weighted by Gasteiger charge is -2.06. The first-order chi connectivity index (χ1) is 18.2. The molecule has 5 aromatic heterocycles. The van der Waals surface area contributed by atoms with Crippen LogP contribution in [0.4, 0.5) is 10.1 Å². The maximum atomic E-state index is 14.5. The normalized spacial score (nSPS) is 11.9. The number of aromatic amines is 2. The van der Waals surface area contributed by atoms with E-state index in [1.807, 2.05) is 6.07 Å². The quantitative estimate of drug-likeness (QED) is 0.293. The number of hydrogen-bond acceptors (Lipinski definition) is 8. The van der Waals surface area contributed by atoms with Gasteiger partial charge in [0, 0.05) is 41.4 Å². The number of nitrogens with zero attached hydrogens (tertiary/aromatic N) is 5. The van der Waals surface area contributed by atoms with Gasteiger partial charge in [0.05, 0.1) is 40.1 Å². The second kappa shape index (κ2) is 8.99. The molecule has 1 aromatic carbocycles. The summed E-state index contributed by atoms with van der Waals surface area (Å²) in [6.07, 6.45) is 7.91.